The minimum atomic E-state index is -1.07. The number of hydrogen-bond donors (Lipinski definition) is 2. The molecule has 0 saturated heterocycles. The highest BCUT2D eigenvalue weighted by Crippen LogP contribution is 2.30. The normalized spacial score (nSPS) is 11.1. The molecule has 0 amide bonds. The van der Waals surface area contributed by atoms with Crippen molar-refractivity contribution in [1.29, 1.82) is 0 Å². The van der Waals surface area contributed by atoms with Crippen LogP contribution in [0.3, 0.4) is 0 Å². The Labute approximate surface area is 107 Å². The van der Waals surface area contributed by atoms with Gasteiger partial charge in [0.15, 0.2) is 0 Å². The first-order valence-electron chi connectivity index (χ1n) is 5.61. The molecule has 0 atom stereocenters. The van der Waals surface area contributed by atoms with Gasteiger partial charge in [0.25, 0.3) is 0 Å². The van der Waals surface area contributed by atoms with Gasteiger partial charge in [0.05, 0.1) is 5.69 Å². The molecule has 3 aromatic rings. The Morgan fingerprint density at radius 1 is 1.47 bits per heavy atom. The first kappa shape index (κ1) is 11.5. The number of nitrogens with one attached hydrogen (secondary N) is 1. The van der Waals surface area contributed by atoms with E-state index >= 15 is 0 Å². The summed E-state index contributed by atoms with van der Waals surface area (Å²) in [5.41, 5.74) is 1.69. The minimum absolute atomic E-state index is 0.0562. The average Bonchev–Trinajstić information content (AvgIpc) is 2.93. The molecule has 2 N–H and O–H groups in total. The summed E-state index contributed by atoms with van der Waals surface area (Å²) < 4.78 is 15.1. The molecule has 0 aliphatic heterocycles. The van der Waals surface area contributed by atoms with E-state index in [0.29, 0.717) is 22.2 Å². The summed E-state index contributed by atoms with van der Waals surface area (Å²) in [7, 11) is 1.54. The molecule has 0 saturated carbocycles. The maximum absolute atomic E-state index is 13.9. The Bertz CT molecular complexity index is 788. The molecular weight excluding hydrogens is 249 g/mol. The highest BCUT2D eigenvalue weighted by Gasteiger charge is 2.17. The zero-order valence-corrected chi connectivity index (χ0v) is 10.0. The van der Waals surface area contributed by atoms with Crippen molar-refractivity contribution >= 4 is 16.9 Å². The largest absolute Gasteiger partial charge is 0.477 e. The van der Waals surface area contributed by atoms with E-state index in [0.717, 1.165) is 0 Å². The van der Waals surface area contributed by atoms with Crippen LogP contribution in [0.15, 0.2) is 30.5 Å². The van der Waals surface area contributed by atoms with E-state index in [9.17, 15) is 9.18 Å². The van der Waals surface area contributed by atoms with Crippen LogP contribution in [0.2, 0.25) is 0 Å². The molecule has 0 spiro atoms. The van der Waals surface area contributed by atoms with Gasteiger partial charge >= 0.3 is 5.97 Å². The number of H-pyrrole nitrogens is 1. The third kappa shape index (κ3) is 1.69. The Morgan fingerprint density at radius 3 is 2.95 bits per heavy atom. The standard InChI is InChI=1S/C13H10FN3O2/c1-17-11(13(18)19)5-10(16-17)7-6-15-9-4-2-3-8(14)12(7)9/h2-6,15H,1H3,(H,18,19). The molecule has 96 valence electrons. The SMILES string of the molecule is Cn1nc(-c2c[nH]c3cccc(F)c23)cc1C(=O)O. The van der Waals surface area contributed by atoms with Crippen molar-refractivity contribution in [2.45, 2.75) is 0 Å². The van der Waals surface area contributed by atoms with Gasteiger partial charge in [-0.2, -0.15) is 5.10 Å². The fourth-order valence-electron chi connectivity index (χ4n) is 2.14. The maximum atomic E-state index is 13.9. The Hall–Kier alpha value is -2.63. The van der Waals surface area contributed by atoms with Crippen LogP contribution in [-0.4, -0.2) is 25.8 Å². The summed E-state index contributed by atoms with van der Waals surface area (Å²) in [6.45, 7) is 0. The van der Waals surface area contributed by atoms with Gasteiger partial charge in [-0.05, 0) is 18.2 Å². The Morgan fingerprint density at radius 2 is 2.26 bits per heavy atom. The third-order valence-corrected chi connectivity index (χ3v) is 3.03. The maximum Gasteiger partial charge on any atom is 0.354 e. The van der Waals surface area contributed by atoms with Gasteiger partial charge in [-0.3, -0.25) is 4.68 Å². The number of carboxylic acid groups (broad SMARTS) is 1. The number of fused-ring (bicyclic) bond motifs is 1. The van der Waals surface area contributed by atoms with E-state index < -0.39 is 5.97 Å². The smallest absolute Gasteiger partial charge is 0.354 e. The second-order valence-electron chi connectivity index (χ2n) is 4.21. The molecule has 0 unspecified atom stereocenters. The second-order valence-corrected chi connectivity index (χ2v) is 4.21. The first-order valence-corrected chi connectivity index (χ1v) is 5.61. The van der Waals surface area contributed by atoms with Crippen molar-refractivity contribution in [3.05, 3.63) is 42.0 Å². The summed E-state index contributed by atoms with van der Waals surface area (Å²) in [6.07, 6.45) is 1.63. The number of rotatable bonds is 2. The van der Waals surface area contributed by atoms with E-state index in [4.69, 9.17) is 5.11 Å². The number of hydrogen-bond acceptors (Lipinski definition) is 2. The van der Waals surface area contributed by atoms with Crippen LogP contribution in [-0.2, 0) is 7.05 Å². The lowest BCUT2D eigenvalue weighted by atomic mass is 10.1. The highest BCUT2D eigenvalue weighted by molar-refractivity contribution is 5.96. The van der Waals surface area contributed by atoms with Gasteiger partial charge in [0.2, 0.25) is 0 Å². The van der Waals surface area contributed by atoms with E-state index in [1.807, 2.05) is 0 Å². The molecule has 2 aromatic heterocycles. The summed E-state index contributed by atoms with van der Waals surface area (Å²) in [5, 5.41) is 13.5. The number of nitrogens with zero attached hydrogens (tertiary/aromatic N) is 2. The molecule has 19 heavy (non-hydrogen) atoms. The summed E-state index contributed by atoms with van der Waals surface area (Å²) in [4.78, 5) is 13.9. The van der Waals surface area contributed by atoms with Crippen LogP contribution >= 0.6 is 0 Å². The van der Waals surface area contributed by atoms with Crippen molar-refractivity contribution in [3.8, 4) is 11.3 Å². The van der Waals surface area contributed by atoms with Crippen LogP contribution in [0.1, 0.15) is 10.5 Å². The summed E-state index contributed by atoms with van der Waals surface area (Å²) in [5.74, 6) is -1.43. The monoisotopic (exact) mass is 259 g/mol. The van der Waals surface area contributed by atoms with E-state index in [2.05, 4.69) is 10.1 Å². The molecule has 0 aliphatic carbocycles. The van der Waals surface area contributed by atoms with Crippen LogP contribution in [0.4, 0.5) is 4.39 Å². The van der Waals surface area contributed by atoms with E-state index in [1.165, 1.54) is 23.9 Å². The second kappa shape index (κ2) is 3.94. The zero-order chi connectivity index (χ0) is 13.6. The van der Waals surface area contributed by atoms with Crippen molar-refractivity contribution in [1.82, 2.24) is 14.8 Å². The van der Waals surface area contributed by atoms with Gasteiger partial charge in [-0.25, -0.2) is 9.18 Å². The predicted molar refractivity (Wildman–Crippen MR) is 67.4 cm³/mol. The molecule has 0 bridgehead atoms. The van der Waals surface area contributed by atoms with Gasteiger partial charge in [-0.15, -0.1) is 0 Å². The lowest BCUT2D eigenvalue weighted by Gasteiger charge is -1.96. The fourth-order valence-corrected chi connectivity index (χ4v) is 2.14. The van der Waals surface area contributed by atoms with Crippen molar-refractivity contribution in [2.24, 2.45) is 7.05 Å². The minimum Gasteiger partial charge on any atom is -0.477 e. The summed E-state index contributed by atoms with van der Waals surface area (Å²) in [6, 6.07) is 6.15. The number of carbonyl (C=O) groups is 1. The zero-order valence-electron chi connectivity index (χ0n) is 10.0. The molecule has 0 fully saturated rings. The van der Waals surface area contributed by atoms with Crippen molar-refractivity contribution < 1.29 is 14.3 Å². The molecule has 5 nitrogen and oxygen atoms in total. The molecule has 0 aliphatic rings. The number of halogens is 1. The first-order chi connectivity index (χ1) is 9.08. The number of carboxylic acids is 1. The molecule has 0 radical (unpaired) electrons. The molecular formula is C13H10FN3O2. The van der Waals surface area contributed by atoms with Gasteiger partial charge < -0.3 is 10.1 Å². The van der Waals surface area contributed by atoms with E-state index in [1.54, 1.807) is 18.3 Å². The lowest BCUT2D eigenvalue weighted by Crippen LogP contribution is -2.04. The number of aromatic amines is 1. The molecule has 6 heteroatoms. The average molecular weight is 259 g/mol. The number of aryl methyl sites for hydroxylation is 1. The number of aromatic nitrogens is 3. The van der Waals surface area contributed by atoms with Gasteiger partial charge in [0, 0.05) is 29.7 Å². The lowest BCUT2D eigenvalue weighted by molar-refractivity contribution is 0.0685. The van der Waals surface area contributed by atoms with Crippen LogP contribution < -0.4 is 0 Å². The molecule has 1 aromatic carbocycles. The summed E-state index contributed by atoms with van der Waals surface area (Å²) >= 11 is 0. The van der Waals surface area contributed by atoms with E-state index in [-0.39, 0.29) is 11.5 Å². The quantitative estimate of drug-likeness (QED) is 0.742. The van der Waals surface area contributed by atoms with Gasteiger partial charge in [0.1, 0.15) is 11.5 Å². The molecule has 3 rings (SSSR count). The molecule has 2 heterocycles. The Kier molecular flexibility index (Phi) is 2.38. The van der Waals surface area contributed by atoms with Crippen molar-refractivity contribution in [2.75, 3.05) is 0 Å². The highest BCUT2D eigenvalue weighted by atomic mass is 19.1. The topological polar surface area (TPSA) is 70.9 Å². The number of aromatic carboxylic acids is 1. The van der Waals surface area contributed by atoms with Crippen LogP contribution in [0, 0.1) is 5.82 Å². The number of benzene rings is 1. The van der Waals surface area contributed by atoms with Crippen molar-refractivity contribution in [3.63, 3.8) is 0 Å². The Balaban J connectivity index is 2.25. The third-order valence-electron chi connectivity index (χ3n) is 3.03. The fraction of sp³-hybridized carbons (Fsp3) is 0.0769. The van der Waals surface area contributed by atoms with Gasteiger partial charge in [-0.1, -0.05) is 6.07 Å². The van der Waals surface area contributed by atoms with Crippen LogP contribution in [0.25, 0.3) is 22.2 Å². The predicted octanol–water partition coefficient (Wildman–Crippen LogP) is 2.41. The van der Waals surface area contributed by atoms with Crippen LogP contribution in [0.5, 0.6) is 0 Å².